The number of pyridine rings is 1. The maximum absolute atomic E-state index is 5.37. The van der Waals surface area contributed by atoms with Crippen LogP contribution in [0.4, 0.5) is 0 Å². The van der Waals surface area contributed by atoms with Gasteiger partial charge >= 0.3 is 0 Å². The van der Waals surface area contributed by atoms with E-state index in [1.54, 1.807) is 0 Å². The van der Waals surface area contributed by atoms with Crippen molar-refractivity contribution in [3.63, 3.8) is 0 Å². The number of benzene rings is 8. The lowest BCUT2D eigenvalue weighted by molar-refractivity contribution is 0.979. The summed E-state index contributed by atoms with van der Waals surface area (Å²) in [6, 6.07) is 81.0. The summed E-state index contributed by atoms with van der Waals surface area (Å²) in [4.78, 5) is 9.99. The van der Waals surface area contributed by atoms with Crippen LogP contribution >= 0.6 is 0 Å². The average molecular weight is 779 g/mol. The molecule has 0 radical (unpaired) electrons. The molecular weight excluding hydrogens is 741 g/mol. The predicted molar refractivity (Wildman–Crippen MR) is 252 cm³/mol. The van der Waals surface area contributed by atoms with Crippen LogP contribution in [-0.4, -0.2) is 19.6 Å². The smallest absolute Gasteiger partial charge is 0.160 e. The molecule has 0 amide bonds. The molecule has 0 spiro atoms. The molecule has 0 bridgehead atoms. The lowest BCUT2D eigenvalue weighted by Crippen LogP contribution is -1.96. The highest BCUT2D eigenvalue weighted by molar-refractivity contribution is 6.09. The van der Waals surface area contributed by atoms with Gasteiger partial charge in [-0.3, -0.25) is 0 Å². The van der Waals surface area contributed by atoms with Gasteiger partial charge < -0.3 is 0 Å². The first-order chi connectivity index (χ1) is 30.2. The number of rotatable bonds is 8. The van der Waals surface area contributed by atoms with Gasteiger partial charge in [0.2, 0.25) is 0 Å². The largest absolute Gasteiger partial charge is 0.231 e. The molecule has 4 nitrogen and oxygen atoms in total. The molecule has 0 aliphatic heterocycles. The summed E-state index contributed by atoms with van der Waals surface area (Å²) in [6.45, 7) is 0. The maximum Gasteiger partial charge on any atom is 0.160 e. The molecule has 0 aliphatic carbocycles. The van der Waals surface area contributed by atoms with Gasteiger partial charge in [-0.25, -0.2) is 14.5 Å². The summed E-state index contributed by atoms with van der Waals surface area (Å²) in [7, 11) is 0. The fraction of sp³-hybridized carbons (Fsp3) is 0. The van der Waals surface area contributed by atoms with Gasteiger partial charge in [0.25, 0.3) is 0 Å². The molecule has 4 heteroatoms. The van der Waals surface area contributed by atoms with Gasteiger partial charge in [0.05, 0.1) is 22.6 Å². The van der Waals surface area contributed by atoms with Crippen molar-refractivity contribution >= 4 is 16.3 Å². The van der Waals surface area contributed by atoms with Crippen LogP contribution in [0.25, 0.3) is 106 Å². The second kappa shape index (κ2) is 15.5. The minimum atomic E-state index is 0.713. The SMILES string of the molecule is c1ccc(-c2cc(-c3ccc(-c4ccc(-c5ccc6c(c5)cc(-c5ccccc5)n5nc(-c7ccccc7)c(-c7ccccc7)c65)cc4)cc3)nc(-c3ccccc3)n2)cc1. The van der Waals surface area contributed by atoms with E-state index >= 15 is 0 Å². The monoisotopic (exact) mass is 778 g/mol. The van der Waals surface area contributed by atoms with Crippen LogP contribution in [0.2, 0.25) is 0 Å². The second-order valence-corrected chi connectivity index (χ2v) is 15.3. The molecule has 0 saturated carbocycles. The molecule has 11 aromatic rings. The highest BCUT2D eigenvalue weighted by Gasteiger charge is 2.22. The van der Waals surface area contributed by atoms with E-state index in [1.165, 1.54) is 0 Å². The standard InChI is InChI=1S/C57H38N4/c1-6-16-42(17-7-1)51-38-52(59-57(58-51)47-24-14-5-15-25-47)43-32-30-40(31-33-43)39-26-28-41(29-27-39)48-34-35-50-49(36-48)37-53(44-18-8-2-9-19-44)61-56(50)54(45-20-10-3-11-21-45)55(60-61)46-22-12-4-13-23-46/h1-38H. The molecule has 0 saturated heterocycles. The Balaban J connectivity index is 0.965. The molecule has 0 N–H and O–H groups in total. The second-order valence-electron chi connectivity index (χ2n) is 15.3. The van der Waals surface area contributed by atoms with Crippen molar-refractivity contribution in [3.8, 4) is 89.8 Å². The Morgan fingerprint density at radius 1 is 0.311 bits per heavy atom. The van der Waals surface area contributed by atoms with E-state index in [0.717, 1.165) is 100 Å². The number of aromatic nitrogens is 4. The Labute approximate surface area is 354 Å². The fourth-order valence-corrected chi connectivity index (χ4v) is 8.37. The van der Waals surface area contributed by atoms with Crippen LogP contribution < -0.4 is 0 Å². The zero-order valence-corrected chi connectivity index (χ0v) is 33.2. The molecule has 3 heterocycles. The highest BCUT2D eigenvalue weighted by atomic mass is 15.2. The first-order valence-electron chi connectivity index (χ1n) is 20.6. The number of nitrogens with zero attached hydrogens (tertiary/aromatic N) is 4. The Hall–Kier alpha value is -8.21. The minimum Gasteiger partial charge on any atom is -0.231 e. The van der Waals surface area contributed by atoms with Gasteiger partial charge in [-0.05, 0) is 51.4 Å². The van der Waals surface area contributed by atoms with E-state index in [4.69, 9.17) is 15.1 Å². The van der Waals surface area contributed by atoms with Crippen molar-refractivity contribution < 1.29 is 0 Å². The molecule has 8 aromatic carbocycles. The van der Waals surface area contributed by atoms with Crippen molar-refractivity contribution in [1.29, 1.82) is 0 Å². The third kappa shape index (κ3) is 6.86. The summed E-state index contributed by atoms with van der Waals surface area (Å²) in [6.07, 6.45) is 0. The van der Waals surface area contributed by atoms with Gasteiger partial charge in [-0.2, -0.15) is 5.10 Å². The maximum atomic E-state index is 5.37. The quantitative estimate of drug-likeness (QED) is 0.154. The Bertz CT molecular complexity index is 3230. The molecule has 0 atom stereocenters. The van der Waals surface area contributed by atoms with Gasteiger partial charge in [-0.15, -0.1) is 0 Å². The zero-order chi connectivity index (χ0) is 40.5. The van der Waals surface area contributed by atoms with E-state index in [0.29, 0.717) is 5.82 Å². The molecule has 3 aromatic heterocycles. The molecule has 0 unspecified atom stereocenters. The van der Waals surface area contributed by atoms with Crippen LogP contribution in [-0.2, 0) is 0 Å². The van der Waals surface area contributed by atoms with Crippen LogP contribution in [0.3, 0.4) is 0 Å². The molecule has 286 valence electrons. The molecule has 61 heavy (non-hydrogen) atoms. The fourth-order valence-electron chi connectivity index (χ4n) is 8.37. The Morgan fingerprint density at radius 2 is 0.738 bits per heavy atom. The van der Waals surface area contributed by atoms with Crippen LogP contribution in [0.1, 0.15) is 0 Å². The average Bonchev–Trinajstić information content (AvgIpc) is 3.76. The number of hydrogen-bond donors (Lipinski definition) is 0. The number of hydrogen-bond acceptors (Lipinski definition) is 3. The first kappa shape index (κ1) is 35.9. The van der Waals surface area contributed by atoms with E-state index in [1.807, 2.05) is 36.4 Å². The number of fused-ring (bicyclic) bond motifs is 3. The summed E-state index contributed by atoms with van der Waals surface area (Å²) >= 11 is 0. The van der Waals surface area contributed by atoms with E-state index in [2.05, 4.69) is 199 Å². The lowest BCUT2D eigenvalue weighted by atomic mass is 9.94. The van der Waals surface area contributed by atoms with Crippen molar-refractivity contribution in [2.24, 2.45) is 0 Å². The zero-order valence-electron chi connectivity index (χ0n) is 33.2. The summed E-state index contributed by atoms with van der Waals surface area (Å²) in [5, 5.41) is 7.69. The molecule has 0 aliphatic rings. The van der Waals surface area contributed by atoms with Crippen molar-refractivity contribution in [1.82, 2.24) is 19.6 Å². The molecule has 11 rings (SSSR count). The normalized spacial score (nSPS) is 11.3. The first-order valence-corrected chi connectivity index (χ1v) is 20.6. The lowest BCUT2D eigenvalue weighted by Gasteiger charge is -2.12. The van der Waals surface area contributed by atoms with Crippen LogP contribution in [0, 0.1) is 0 Å². The van der Waals surface area contributed by atoms with Gasteiger partial charge in [0.1, 0.15) is 5.69 Å². The van der Waals surface area contributed by atoms with Crippen molar-refractivity contribution in [3.05, 3.63) is 231 Å². The molecular formula is C57H38N4. The Morgan fingerprint density at radius 3 is 1.30 bits per heavy atom. The van der Waals surface area contributed by atoms with Crippen molar-refractivity contribution in [2.45, 2.75) is 0 Å². The van der Waals surface area contributed by atoms with E-state index < -0.39 is 0 Å². The summed E-state index contributed by atoms with van der Waals surface area (Å²) in [5.74, 6) is 0.713. The third-order valence-corrected chi connectivity index (χ3v) is 11.5. The summed E-state index contributed by atoms with van der Waals surface area (Å²) < 4.78 is 2.15. The van der Waals surface area contributed by atoms with Gasteiger partial charge in [0, 0.05) is 38.8 Å². The Kier molecular flexibility index (Phi) is 9.14. The van der Waals surface area contributed by atoms with E-state index in [9.17, 15) is 0 Å². The predicted octanol–water partition coefficient (Wildman–Crippen LogP) is 14.6. The highest BCUT2D eigenvalue weighted by Crippen LogP contribution is 2.42. The van der Waals surface area contributed by atoms with Crippen molar-refractivity contribution in [2.75, 3.05) is 0 Å². The third-order valence-electron chi connectivity index (χ3n) is 11.5. The van der Waals surface area contributed by atoms with Crippen LogP contribution in [0.15, 0.2) is 231 Å². The van der Waals surface area contributed by atoms with Gasteiger partial charge in [-0.1, -0.05) is 212 Å². The van der Waals surface area contributed by atoms with E-state index in [-0.39, 0.29) is 0 Å². The topological polar surface area (TPSA) is 43.1 Å². The summed E-state index contributed by atoms with van der Waals surface area (Å²) in [5.41, 5.74) is 17.1. The molecule has 0 fully saturated rings. The minimum absolute atomic E-state index is 0.713. The van der Waals surface area contributed by atoms with Crippen LogP contribution in [0.5, 0.6) is 0 Å². The van der Waals surface area contributed by atoms with Gasteiger partial charge in [0.15, 0.2) is 5.82 Å².